The quantitative estimate of drug-likeness (QED) is 0.385. The molecule has 2 saturated heterocycles. The van der Waals surface area contributed by atoms with E-state index in [9.17, 15) is 19.5 Å². The molecule has 2 aliphatic heterocycles. The van der Waals surface area contributed by atoms with Crippen LogP contribution in [-0.2, 0) is 29.1 Å². The molecule has 0 aromatic heterocycles. The Morgan fingerprint density at radius 2 is 1.68 bits per heavy atom. The molecule has 0 radical (unpaired) electrons. The number of hydrogen-bond donors (Lipinski definition) is 2. The van der Waals surface area contributed by atoms with Crippen molar-refractivity contribution in [1.82, 2.24) is 25.1 Å². The molecule has 3 aromatic rings. The molecule has 3 aromatic carbocycles. The number of anilines is 1. The van der Waals surface area contributed by atoms with Crippen molar-refractivity contribution in [3.8, 4) is 5.75 Å². The summed E-state index contributed by atoms with van der Waals surface area (Å²) in [5.74, 6) is -0.248. The normalized spacial score (nSPS) is 18.5. The first-order valence-corrected chi connectivity index (χ1v) is 14.7. The zero-order chi connectivity index (χ0) is 30.5. The Hall–Kier alpha value is -4.57. The fourth-order valence-corrected chi connectivity index (χ4v) is 5.93. The molecule has 10 heteroatoms. The highest BCUT2D eigenvalue weighted by Gasteiger charge is 2.50. The van der Waals surface area contributed by atoms with Gasteiger partial charge < -0.3 is 25.1 Å². The van der Waals surface area contributed by atoms with Gasteiger partial charge in [-0.15, -0.1) is 0 Å². The van der Waals surface area contributed by atoms with Gasteiger partial charge in [0, 0.05) is 45.8 Å². The Morgan fingerprint density at radius 3 is 2.39 bits per heavy atom. The summed E-state index contributed by atoms with van der Waals surface area (Å²) in [6.07, 6.45) is 0.596. The number of rotatable bonds is 9. The fourth-order valence-electron chi connectivity index (χ4n) is 5.93. The van der Waals surface area contributed by atoms with Gasteiger partial charge in [0.1, 0.15) is 18.0 Å². The Morgan fingerprint density at radius 1 is 0.977 bits per heavy atom. The summed E-state index contributed by atoms with van der Waals surface area (Å²) in [6, 6.07) is 23.3. The van der Waals surface area contributed by atoms with E-state index in [2.05, 4.69) is 36.3 Å². The largest absolute Gasteiger partial charge is 0.508 e. The van der Waals surface area contributed by atoms with Gasteiger partial charge in [0.05, 0.1) is 13.1 Å². The van der Waals surface area contributed by atoms with Crippen LogP contribution >= 0.6 is 0 Å². The standard InChI is InChI=1S/C33H40N6O4.CH4/c1-4-17-35(2)27-12-8-11-26(18-27)21-37-22-30-38(29(32(37)42)19-24-13-15-28(40)16-14-24)31(41)23-36(3)39(30)33(43)34-20-25-9-6-5-7-10-25;/h5-16,18,29-30,40H,4,17,19-23H2,1-3H3,(H,34,43);1H4/t29-,30-;/m0./s1. The molecule has 10 nitrogen and oxygen atoms in total. The van der Waals surface area contributed by atoms with Crippen LogP contribution in [0.3, 0.4) is 0 Å². The second-order valence-corrected chi connectivity index (χ2v) is 11.3. The summed E-state index contributed by atoms with van der Waals surface area (Å²) in [7, 11) is 3.77. The van der Waals surface area contributed by atoms with Crippen LogP contribution in [0.5, 0.6) is 5.75 Å². The molecule has 2 N–H and O–H groups in total. The van der Waals surface area contributed by atoms with Crippen molar-refractivity contribution < 1.29 is 19.5 Å². The first kappa shape index (κ1) is 32.3. The number of aromatic hydroxyl groups is 1. The lowest BCUT2D eigenvalue weighted by Gasteiger charge is -2.54. The van der Waals surface area contributed by atoms with Gasteiger partial charge in [-0.3, -0.25) is 9.59 Å². The number of fused-ring (bicyclic) bond motifs is 1. The number of nitrogens with zero attached hydrogens (tertiary/aromatic N) is 5. The van der Waals surface area contributed by atoms with Crippen LogP contribution in [0, 0.1) is 0 Å². The molecule has 2 fully saturated rings. The molecule has 2 atom stereocenters. The number of likely N-dealkylation sites (N-methyl/N-ethyl adjacent to an activating group) is 1. The maximum absolute atomic E-state index is 14.1. The minimum absolute atomic E-state index is 0. The van der Waals surface area contributed by atoms with Crippen molar-refractivity contribution >= 4 is 23.5 Å². The Kier molecular flexibility index (Phi) is 10.5. The fraction of sp³-hybridized carbons (Fsp3) is 0.382. The van der Waals surface area contributed by atoms with E-state index in [1.807, 2.05) is 42.5 Å². The van der Waals surface area contributed by atoms with E-state index >= 15 is 0 Å². The van der Waals surface area contributed by atoms with Crippen molar-refractivity contribution in [1.29, 1.82) is 0 Å². The summed E-state index contributed by atoms with van der Waals surface area (Å²) in [4.78, 5) is 46.9. The van der Waals surface area contributed by atoms with Gasteiger partial charge in [-0.1, -0.05) is 68.9 Å². The topological polar surface area (TPSA) is 99.7 Å². The summed E-state index contributed by atoms with van der Waals surface area (Å²) in [6.45, 7) is 3.88. The van der Waals surface area contributed by atoms with Crippen molar-refractivity contribution in [3.05, 3.63) is 95.6 Å². The lowest BCUT2D eigenvalue weighted by molar-refractivity contribution is -0.187. The number of phenols is 1. The molecule has 234 valence electrons. The monoisotopic (exact) mass is 600 g/mol. The third kappa shape index (κ3) is 7.14. The molecule has 0 saturated carbocycles. The smallest absolute Gasteiger partial charge is 0.334 e. The number of nitrogens with one attached hydrogen (secondary N) is 1. The third-order valence-electron chi connectivity index (χ3n) is 8.08. The second-order valence-electron chi connectivity index (χ2n) is 11.3. The number of carbonyl (C=O) groups excluding carboxylic acids is 3. The molecule has 2 heterocycles. The highest BCUT2D eigenvalue weighted by molar-refractivity contribution is 5.91. The molecule has 0 spiro atoms. The Balaban J connectivity index is 0.00000442. The van der Waals surface area contributed by atoms with E-state index in [0.717, 1.165) is 35.3 Å². The first-order chi connectivity index (χ1) is 20.7. The van der Waals surface area contributed by atoms with Crippen LogP contribution in [0.2, 0.25) is 0 Å². The molecule has 4 amide bonds. The van der Waals surface area contributed by atoms with E-state index < -0.39 is 12.2 Å². The number of amides is 4. The number of urea groups is 1. The molecular formula is C34H44N6O4. The second kappa shape index (κ2) is 14.3. The van der Waals surface area contributed by atoms with E-state index in [-0.39, 0.29) is 50.5 Å². The predicted octanol–water partition coefficient (Wildman–Crippen LogP) is 4.05. The number of phenolic OH excluding ortho intramolecular Hbond substituents is 1. The molecule has 5 rings (SSSR count). The average molecular weight is 601 g/mol. The summed E-state index contributed by atoms with van der Waals surface area (Å²) < 4.78 is 0. The number of hydrogen-bond acceptors (Lipinski definition) is 6. The van der Waals surface area contributed by atoms with Gasteiger partial charge >= 0.3 is 6.03 Å². The van der Waals surface area contributed by atoms with Crippen LogP contribution in [0.1, 0.15) is 37.5 Å². The van der Waals surface area contributed by atoms with Gasteiger partial charge in [0.2, 0.25) is 11.8 Å². The summed E-state index contributed by atoms with van der Waals surface area (Å²) in [5, 5.41) is 16.0. The maximum atomic E-state index is 14.1. The minimum Gasteiger partial charge on any atom is -0.508 e. The minimum atomic E-state index is -0.806. The van der Waals surface area contributed by atoms with Gasteiger partial charge in [0.25, 0.3) is 0 Å². The van der Waals surface area contributed by atoms with Crippen molar-refractivity contribution in [2.45, 2.75) is 52.5 Å². The van der Waals surface area contributed by atoms with Crippen molar-refractivity contribution in [3.63, 3.8) is 0 Å². The van der Waals surface area contributed by atoms with E-state index in [1.54, 1.807) is 51.1 Å². The summed E-state index contributed by atoms with van der Waals surface area (Å²) in [5.41, 5.74) is 3.82. The molecular weight excluding hydrogens is 556 g/mol. The molecule has 0 aliphatic carbocycles. The molecule has 2 aliphatic rings. The molecule has 44 heavy (non-hydrogen) atoms. The van der Waals surface area contributed by atoms with Gasteiger partial charge in [-0.05, 0) is 47.4 Å². The maximum Gasteiger partial charge on any atom is 0.334 e. The highest BCUT2D eigenvalue weighted by atomic mass is 16.3. The van der Waals surface area contributed by atoms with Gasteiger partial charge in [-0.25, -0.2) is 14.8 Å². The van der Waals surface area contributed by atoms with Crippen LogP contribution in [-0.4, -0.2) is 88.7 Å². The number of hydrazine groups is 1. The number of benzene rings is 3. The number of piperazine rings is 1. The number of carbonyl (C=O) groups is 3. The molecule has 0 bridgehead atoms. The van der Waals surface area contributed by atoms with Crippen LogP contribution < -0.4 is 10.2 Å². The van der Waals surface area contributed by atoms with E-state index in [4.69, 9.17) is 0 Å². The highest BCUT2D eigenvalue weighted by Crippen LogP contribution is 2.29. The Labute approximate surface area is 260 Å². The zero-order valence-electron chi connectivity index (χ0n) is 25.0. The van der Waals surface area contributed by atoms with Gasteiger partial charge in [-0.2, -0.15) is 0 Å². The van der Waals surface area contributed by atoms with Crippen molar-refractivity contribution in [2.24, 2.45) is 0 Å². The van der Waals surface area contributed by atoms with Crippen molar-refractivity contribution in [2.75, 3.05) is 38.6 Å². The lowest BCUT2D eigenvalue weighted by Crippen LogP contribution is -2.76. The first-order valence-electron chi connectivity index (χ1n) is 14.7. The predicted molar refractivity (Wildman–Crippen MR) is 172 cm³/mol. The van der Waals surface area contributed by atoms with Crippen LogP contribution in [0.25, 0.3) is 0 Å². The SMILES string of the molecule is C.CCCN(C)c1cccc(CN2C[C@H]3N(C(=O)CN(C)N3C(=O)NCc3ccccc3)[C@@H](Cc3ccc(O)cc3)C2=O)c1. The van der Waals surface area contributed by atoms with Crippen LogP contribution in [0.15, 0.2) is 78.9 Å². The Bertz CT molecular complexity index is 1430. The summed E-state index contributed by atoms with van der Waals surface area (Å²) >= 11 is 0. The lowest BCUT2D eigenvalue weighted by atomic mass is 9.98. The van der Waals surface area contributed by atoms with Gasteiger partial charge in [0.15, 0.2) is 0 Å². The van der Waals surface area contributed by atoms with E-state index in [1.165, 1.54) is 0 Å². The average Bonchev–Trinajstić information content (AvgIpc) is 3.00. The molecule has 0 unspecified atom stereocenters. The van der Waals surface area contributed by atoms with E-state index in [0.29, 0.717) is 13.1 Å². The third-order valence-corrected chi connectivity index (χ3v) is 8.08. The zero-order valence-corrected chi connectivity index (χ0v) is 25.0. The van der Waals surface area contributed by atoms with Crippen LogP contribution in [0.4, 0.5) is 10.5 Å².